The first-order valence-electron chi connectivity index (χ1n) is 6.40. The highest BCUT2D eigenvalue weighted by Gasteiger charge is 2.17. The number of thioether (sulfide) groups is 1. The number of nitrogens with zero attached hydrogens (tertiary/aromatic N) is 2. The van der Waals surface area contributed by atoms with Gasteiger partial charge in [0.25, 0.3) is 0 Å². The lowest BCUT2D eigenvalue weighted by atomic mass is 10.2. The van der Waals surface area contributed by atoms with Crippen LogP contribution in [-0.4, -0.2) is 20.9 Å². The normalized spacial score (nSPS) is 12.2. The highest BCUT2D eigenvalue weighted by Crippen LogP contribution is 2.27. The Kier molecular flexibility index (Phi) is 4.80. The number of nitrogens with one attached hydrogen (secondary N) is 1. The van der Waals surface area contributed by atoms with Gasteiger partial charge in [0.1, 0.15) is 0 Å². The predicted molar refractivity (Wildman–Crippen MR) is 87.8 cm³/mol. The fourth-order valence-corrected chi connectivity index (χ4v) is 3.00. The van der Waals surface area contributed by atoms with Crippen LogP contribution in [0.15, 0.2) is 29.3 Å². The molecule has 0 saturated heterocycles. The van der Waals surface area contributed by atoms with Crippen molar-refractivity contribution < 1.29 is 4.79 Å². The molecule has 0 aliphatic rings. The van der Waals surface area contributed by atoms with Crippen molar-refractivity contribution in [2.24, 2.45) is 7.05 Å². The molecule has 7 heteroatoms. The third kappa shape index (κ3) is 3.92. The highest BCUT2D eigenvalue weighted by atomic mass is 35.5. The summed E-state index contributed by atoms with van der Waals surface area (Å²) in [4.78, 5) is 12.2. The third-order valence-corrected chi connectivity index (χ3v) is 4.38. The average molecular weight is 325 g/mol. The summed E-state index contributed by atoms with van der Waals surface area (Å²) in [6, 6.07) is 6.95. The Morgan fingerprint density at radius 1 is 1.48 bits per heavy atom. The van der Waals surface area contributed by atoms with Crippen LogP contribution in [0.25, 0.3) is 0 Å². The van der Waals surface area contributed by atoms with Crippen LogP contribution in [0.3, 0.4) is 0 Å². The molecule has 112 valence electrons. The number of benzene rings is 1. The fraction of sp³-hybridized carbons (Fsp3) is 0.286. The Bertz CT molecular complexity index is 671. The van der Waals surface area contributed by atoms with E-state index in [0.29, 0.717) is 16.4 Å². The lowest BCUT2D eigenvalue weighted by molar-refractivity contribution is -0.115. The first-order chi connectivity index (χ1) is 9.86. The minimum Gasteiger partial charge on any atom is -0.399 e. The largest absolute Gasteiger partial charge is 0.399 e. The van der Waals surface area contributed by atoms with E-state index >= 15 is 0 Å². The molecule has 1 aromatic carbocycles. The minimum absolute atomic E-state index is 0.120. The summed E-state index contributed by atoms with van der Waals surface area (Å²) >= 11 is 7.50. The topological polar surface area (TPSA) is 72.9 Å². The molecule has 0 fully saturated rings. The Morgan fingerprint density at radius 3 is 2.76 bits per heavy atom. The van der Waals surface area contributed by atoms with E-state index < -0.39 is 0 Å². The molecule has 0 aliphatic heterocycles. The van der Waals surface area contributed by atoms with Crippen LogP contribution in [0.5, 0.6) is 0 Å². The minimum atomic E-state index is -0.270. The Morgan fingerprint density at radius 2 is 2.19 bits per heavy atom. The number of nitrogen functional groups attached to an aromatic ring is 1. The number of anilines is 2. The third-order valence-electron chi connectivity index (χ3n) is 2.88. The van der Waals surface area contributed by atoms with Gasteiger partial charge in [-0.05, 0) is 38.1 Å². The second kappa shape index (κ2) is 6.41. The Labute approximate surface area is 132 Å². The number of hydrogen-bond acceptors (Lipinski definition) is 4. The molecule has 0 aliphatic carbocycles. The van der Waals surface area contributed by atoms with E-state index in [-0.39, 0.29) is 11.2 Å². The second-order valence-electron chi connectivity index (χ2n) is 4.74. The van der Waals surface area contributed by atoms with E-state index in [0.717, 1.165) is 10.7 Å². The zero-order chi connectivity index (χ0) is 15.6. The van der Waals surface area contributed by atoms with Crippen LogP contribution in [-0.2, 0) is 11.8 Å². The maximum atomic E-state index is 12.2. The van der Waals surface area contributed by atoms with Crippen molar-refractivity contribution in [1.82, 2.24) is 9.78 Å². The molecule has 0 spiro atoms. The Hall–Kier alpha value is -1.66. The summed E-state index contributed by atoms with van der Waals surface area (Å²) < 4.78 is 1.76. The molecule has 3 N–H and O–H groups in total. The molecule has 0 bridgehead atoms. The molecule has 21 heavy (non-hydrogen) atoms. The van der Waals surface area contributed by atoms with Gasteiger partial charge in [-0.3, -0.25) is 9.48 Å². The van der Waals surface area contributed by atoms with E-state index in [9.17, 15) is 4.79 Å². The summed E-state index contributed by atoms with van der Waals surface area (Å²) in [5.41, 5.74) is 7.67. The average Bonchev–Trinajstić information content (AvgIpc) is 2.71. The van der Waals surface area contributed by atoms with Gasteiger partial charge >= 0.3 is 0 Å². The lowest BCUT2D eigenvalue weighted by Crippen LogP contribution is -2.22. The van der Waals surface area contributed by atoms with Gasteiger partial charge in [0.05, 0.1) is 26.7 Å². The molecular formula is C14H17ClN4OS. The number of hydrogen-bond donors (Lipinski definition) is 2. The molecule has 1 unspecified atom stereocenters. The summed E-state index contributed by atoms with van der Waals surface area (Å²) in [5.74, 6) is -0.120. The molecular weight excluding hydrogens is 308 g/mol. The maximum Gasteiger partial charge on any atom is 0.237 e. The molecule has 1 atom stereocenters. The summed E-state index contributed by atoms with van der Waals surface area (Å²) in [7, 11) is 1.86. The number of aromatic nitrogens is 2. The van der Waals surface area contributed by atoms with E-state index in [1.165, 1.54) is 11.8 Å². The van der Waals surface area contributed by atoms with Crippen LogP contribution < -0.4 is 11.1 Å². The van der Waals surface area contributed by atoms with Crippen molar-refractivity contribution in [3.8, 4) is 0 Å². The maximum absolute atomic E-state index is 12.2. The van der Waals surface area contributed by atoms with Crippen molar-refractivity contribution in [3.63, 3.8) is 0 Å². The molecule has 0 saturated carbocycles. The number of nitrogens with two attached hydrogens (primary N) is 1. The number of carbonyl (C=O) groups excluding carboxylic acids is 1. The first kappa shape index (κ1) is 15.7. The molecule has 2 aromatic rings. The SMILES string of the molecule is Cc1cc(SC(C)C(=O)Nc2ccc(N)cc2Cl)n(C)n1. The Balaban J connectivity index is 2.04. The fourth-order valence-electron chi connectivity index (χ4n) is 1.80. The van der Waals surface area contributed by atoms with E-state index in [2.05, 4.69) is 10.4 Å². The second-order valence-corrected chi connectivity index (χ2v) is 6.50. The van der Waals surface area contributed by atoms with Crippen molar-refractivity contribution >= 4 is 40.6 Å². The van der Waals surface area contributed by atoms with Crippen molar-refractivity contribution in [1.29, 1.82) is 0 Å². The van der Waals surface area contributed by atoms with Crippen LogP contribution in [0.4, 0.5) is 11.4 Å². The van der Waals surface area contributed by atoms with Gasteiger partial charge < -0.3 is 11.1 Å². The predicted octanol–water partition coefficient (Wildman–Crippen LogP) is 3.08. The van der Waals surface area contributed by atoms with Crippen LogP contribution in [0.2, 0.25) is 5.02 Å². The first-order valence-corrected chi connectivity index (χ1v) is 7.66. The summed E-state index contributed by atoms with van der Waals surface area (Å²) in [5, 5.41) is 8.17. The van der Waals surface area contributed by atoms with Crippen molar-refractivity contribution in [2.45, 2.75) is 24.1 Å². The molecule has 1 aromatic heterocycles. The zero-order valence-electron chi connectivity index (χ0n) is 12.1. The van der Waals surface area contributed by atoms with E-state index in [1.54, 1.807) is 22.9 Å². The lowest BCUT2D eigenvalue weighted by Gasteiger charge is -2.13. The molecule has 5 nitrogen and oxygen atoms in total. The van der Waals surface area contributed by atoms with Crippen LogP contribution in [0.1, 0.15) is 12.6 Å². The van der Waals surface area contributed by atoms with Crippen LogP contribution >= 0.6 is 23.4 Å². The molecule has 0 radical (unpaired) electrons. The van der Waals surface area contributed by atoms with Gasteiger partial charge in [-0.15, -0.1) is 0 Å². The quantitative estimate of drug-likeness (QED) is 0.669. The number of halogens is 1. The molecule has 1 heterocycles. The van der Waals surface area contributed by atoms with E-state index in [1.807, 2.05) is 27.0 Å². The molecule has 1 amide bonds. The van der Waals surface area contributed by atoms with Gasteiger partial charge in [0.2, 0.25) is 5.91 Å². The van der Waals surface area contributed by atoms with E-state index in [4.69, 9.17) is 17.3 Å². The summed E-state index contributed by atoms with van der Waals surface area (Å²) in [6.07, 6.45) is 0. The summed E-state index contributed by atoms with van der Waals surface area (Å²) in [6.45, 7) is 3.76. The monoisotopic (exact) mass is 324 g/mol. The molecule has 2 rings (SSSR count). The van der Waals surface area contributed by atoms with Crippen LogP contribution in [0, 0.1) is 6.92 Å². The number of carbonyl (C=O) groups is 1. The highest BCUT2D eigenvalue weighted by molar-refractivity contribution is 8.00. The van der Waals surface area contributed by atoms with Crippen molar-refractivity contribution in [2.75, 3.05) is 11.1 Å². The van der Waals surface area contributed by atoms with Gasteiger partial charge in [-0.25, -0.2) is 0 Å². The van der Waals surface area contributed by atoms with Gasteiger partial charge in [0, 0.05) is 12.7 Å². The number of aryl methyl sites for hydroxylation is 2. The zero-order valence-corrected chi connectivity index (χ0v) is 13.6. The number of rotatable bonds is 4. The van der Waals surface area contributed by atoms with Crippen molar-refractivity contribution in [3.05, 3.63) is 35.0 Å². The standard InChI is InChI=1S/C14H17ClN4OS/c1-8-6-13(19(3)18-8)21-9(2)14(20)17-12-5-4-10(16)7-11(12)15/h4-7,9H,16H2,1-3H3,(H,17,20). The smallest absolute Gasteiger partial charge is 0.237 e. The van der Waals surface area contributed by atoms with Gasteiger partial charge in [-0.1, -0.05) is 23.4 Å². The van der Waals surface area contributed by atoms with Gasteiger partial charge in [-0.2, -0.15) is 5.10 Å². The van der Waals surface area contributed by atoms with Gasteiger partial charge in [0.15, 0.2) is 0 Å². The number of amides is 1.